The summed E-state index contributed by atoms with van der Waals surface area (Å²) in [6.45, 7) is 9.44. The Morgan fingerprint density at radius 3 is 2.75 bits per heavy atom. The van der Waals surface area contributed by atoms with Gasteiger partial charge >= 0.3 is 0 Å². The van der Waals surface area contributed by atoms with Crippen LogP contribution in [0.1, 0.15) is 40.0 Å². The van der Waals surface area contributed by atoms with Crippen LogP contribution in [0.5, 0.6) is 0 Å². The van der Waals surface area contributed by atoms with E-state index in [4.69, 9.17) is 9.47 Å². The number of ether oxygens (including phenoxy) is 2. The second kappa shape index (κ2) is 6.58. The molecule has 1 rings (SSSR count). The van der Waals surface area contributed by atoms with E-state index >= 15 is 0 Å². The minimum absolute atomic E-state index is 0.322. The second-order valence-corrected chi connectivity index (χ2v) is 5.26. The van der Waals surface area contributed by atoms with Gasteiger partial charge < -0.3 is 14.8 Å². The van der Waals surface area contributed by atoms with Gasteiger partial charge in [-0.15, -0.1) is 0 Å². The van der Waals surface area contributed by atoms with Crippen molar-refractivity contribution >= 4 is 0 Å². The van der Waals surface area contributed by atoms with Crippen molar-refractivity contribution in [2.24, 2.45) is 5.41 Å². The normalized spacial score (nSPS) is 30.2. The Labute approximate surface area is 99.9 Å². The maximum absolute atomic E-state index is 5.75. The molecule has 0 aromatic rings. The lowest BCUT2D eigenvalue weighted by Gasteiger charge is -2.33. The SMILES string of the molecule is COCCCC1(CNC(C)C)CCOC1C. The summed E-state index contributed by atoms with van der Waals surface area (Å²) in [5.74, 6) is 0. The fourth-order valence-electron chi connectivity index (χ4n) is 2.44. The first-order chi connectivity index (χ1) is 7.60. The van der Waals surface area contributed by atoms with Crippen molar-refractivity contribution in [3.63, 3.8) is 0 Å². The fourth-order valence-corrected chi connectivity index (χ4v) is 2.44. The molecule has 0 radical (unpaired) electrons. The topological polar surface area (TPSA) is 30.5 Å². The molecule has 0 aliphatic carbocycles. The third-order valence-corrected chi connectivity index (χ3v) is 3.72. The first-order valence-electron chi connectivity index (χ1n) is 6.44. The van der Waals surface area contributed by atoms with Crippen LogP contribution in [0, 0.1) is 5.41 Å². The van der Waals surface area contributed by atoms with Crippen LogP contribution in [0.2, 0.25) is 0 Å². The van der Waals surface area contributed by atoms with Crippen LogP contribution in [0.4, 0.5) is 0 Å². The maximum Gasteiger partial charge on any atom is 0.0616 e. The second-order valence-electron chi connectivity index (χ2n) is 5.26. The van der Waals surface area contributed by atoms with E-state index in [1.165, 1.54) is 12.8 Å². The van der Waals surface area contributed by atoms with Crippen LogP contribution in [-0.2, 0) is 9.47 Å². The summed E-state index contributed by atoms with van der Waals surface area (Å²) in [6, 6.07) is 0.548. The van der Waals surface area contributed by atoms with E-state index < -0.39 is 0 Å². The summed E-state index contributed by atoms with van der Waals surface area (Å²) >= 11 is 0. The molecular formula is C13H27NO2. The molecule has 2 unspecified atom stereocenters. The van der Waals surface area contributed by atoms with Crippen molar-refractivity contribution in [2.45, 2.75) is 52.2 Å². The molecule has 0 spiro atoms. The molecule has 1 N–H and O–H groups in total. The van der Waals surface area contributed by atoms with Crippen molar-refractivity contribution in [1.82, 2.24) is 5.32 Å². The summed E-state index contributed by atoms with van der Waals surface area (Å²) in [6.07, 6.45) is 3.87. The smallest absolute Gasteiger partial charge is 0.0616 e. The first-order valence-corrected chi connectivity index (χ1v) is 6.44. The predicted octanol–water partition coefficient (Wildman–Crippen LogP) is 2.21. The van der Waals surface area contributed by atoms with Gasteiger partial charge in [-0.05, 0) is 26.2 Å². The van der Waals surface area contributed by atoms with E-state index in [1.54, 1.807) is 7.11 Å². The van der Waals surface area contributed by atoms with Gasteiger partial charge in [-0.1, -0.05) is 13.8 Å². The zero-order chi connectivity index (χ0) is 12.0. The van der Waals surface area contributed by atoms with E-state index in [2.05, 4.69) is 26.1 Å². The first kappa shape index (κ1) is 13.9. The Kier molecular flexibility index (Phi) is 5.73. The maximum atomic E-state index is 5.75. The lowest BCUT2D eigenvalue weighted by Crippen LogP contribution is -2.42. The average Bonchev–Trinajstić information content (AvgIpc) is 2.59. The minimum Gasteiger partial charge on any atom is -0.385 e. The highest BCUT2D eigenvalue weighted by Crippen LogP contribution is 2.38. The Bertz CT molecular complexity index is 196. The van der Waals surface area contributed by atoms with Gasteiger partial charge in [0.15, 0.2) is 0 Å². The van der Waals surface area contributed by atoms with Crippen LogP contribution < -0.4 is 5.32 Å². The van der Waals surface area contributed by atoms with Gasteiger partial charge in [-0.3, -0.25) is 0 Å². The molecule has 1 aliphatic heterocycles. The molecule has 1 saturated heterocycles. The molecule has 16 heavy (non-hydrogen) atoms. The van der Waals surface area contributed by atoms with Gasteiger partial charge in [0, 0.05) is 38.3 Å². The summed E-state index contributed by atoms with van der Waals surface area (Å²) in [5, 5.41) is 3.56. The van der Waals surface area contributed by atoms with Crippen molar-refractivity contribution < 1.29 is 9.47 Å². The van der Waals surface area contributed by atoms with Crippen LogP contribution in [0.3, 0.4) is 0 Å². The average molecular weight is 229 g/mol. The number of methoxy groups -OCH3 is 1. The summed E-state index contributed by atoms with van der Waals surface area (Å²) in [4.78, 5) is 0. The molecular weight excluding hydrogens is 202 g/mol. The monoisotopic (exact) mass is 229 g/mol. The van der Waals surface area contributed by atoms with E-state index in [1.807, 2.05) is 0 Å². The Balaban J connectivity index is 2.47. The van der Waals surface area contributed by atoms with Crippen LogP contribution in [0.25, 0.3) is 0 Å². The molecule has 1 heterocycles. The van der Waals surface area contributed by atoms with E-state index in [0.717, 1.165) is 26.2 Å². The number of hydrogen-bond donors (Lipinski definition) is 1. The predicted molar refractivity (Wildman–Crippen MR) is 66.7 cm³/mol. The zero-order valence-corrected chi connectivity index (χ0v) is 11.2. The summed E-state index contributed by atoms with van der Waals surface area (Å²) < 4.78 is 10.9. The molecule has 0 amide bonds. The Morgan fingerprint density at radius 2 is 2.25 bits per heavy atom. The third kappa shape index (κ3) is 3.72. The quantitative estimate of drug-likeness (QED) is 0.679. The number of nitrogens with one attached hydrogen (secondary N) is 1. The standard InChI is InChI=1S/C13H27NO2/c1-11(2)14-10-13(6-5-8-15-4)7-9-16-12(13)3/h11-12,14H,5-10H2,1-4H3. The fraction of sp³-hybridized carbons (Fsp3) is 1.00. The summed E-state index contributed by atoms with van der Waals surface area (Å²) in [5.41, 5.74) is 0.322. The van der Waals surface area contributed by atoms with Gasteiger partial charge in [-0.25, -0.2) is 0 Å². The zero-order valence-electron chi connectivity index (χ0n) is 11.2. The van der Waals surface area contributed by atoms with Gasteiger partial charge in [-0.2, -0.15) is 0 Å². The van der Waals surface area contributed by atoms with Crippen molar-refractivity contribution in [3.8, 4) is 0 Å². The summed E-state index contributed by atoms with van der Waals surface area (Å²) in [7, 11) is 1.77. The third-order valence-electron chi connectivity index (χ3n) is 3.72. The van der Waals surface area contributed by atoms with Gasteiger partial charge in [0.25, 0.3) is 0 Å². The molecule has 0 aromatic carbocycles. The van der Waals surface area contributed by atoms with Gasteiger partial charge in [0.1, 0.15) is 0 Å². The minimum atomic E-state index is 0.322. The molecule has 3 nitrogen and oxygen atoms in total. The molecule has 1 aliphatic rings. The number of rotatable bonds is 7. The molecule has 2 atom stereocenters. The van der Waals surface area contributed by atoms with Crippen molar-refractivity contribution in [3.05, 3.63) is 0 Å². The highest BCUT2D eigenvalue weighted by Gasteiger charge is 2.40. The molecule has 0 bridgehead atoms. The largest absolute Gasteiger partial charge is 0.385 e. The number of hydrogen-bond acceptors (Lipinski definition) is 3. The lowest BCUT2D eigenvalue weighted by molar-refractivity contribution is 0.0516. The van der Waals surface area contributed by atoms with Crippen LogP contribution in [-0.4, -0.2) is 39.0 Å². The molecule has 3 heteroatoms. The Hall–Kier alpha value is -0.120. The highest BCUT2D eigenvalue weighted by atomic mass is 16.5. The van der Waals surface area contributed by atoms with Crippen LogP contribution >= 0.6 is 0 Å². The van der Waals surface area contributed by atoms with Gasteiger partial charge in [0.05, 0.1) is 6.10 Å². The Morgan fingerprint density at radius 1 is 1.50 bits per heavy atom. The van der Waals surface area contributed by atoms with Crippen molar-refractivity contribution in [1.29, 1.82) is 0 Å². The molecule has 0 saturated carbocycles. The highest BCUT2D eigenvalue weighted by molar-refractivity contribution is 4.91. The molecule has 1 fully saturated rings. The van der Waals surface area contributed by atoms with Gasteiger partial charge in [0.2, 0.25) is 0 Å². The molecule has 96 valence electrons. The van der Waals surface area contributed by atoms with Crippen molar-refractivity contribution in [2.75, 3.05) is 26.9 Å². The van der Waals surface area contributed by atoms with E-state index in [9.17, 15) is 0 Å². The molecule has 0 aromatic heterocycles. The van der Waals surface area contributed by atoms with E-state index in [-0.39, 0.29) is 0 Å². The van der Waals surface area contributed by atoms with Crippen LogP contribution in [0.15, 0.2) is 0 Å². The van der Waals surface area contributed by atoms with E-state index in [0.29, 0.717) is 17.6 Å². The lowest BCUT2D eigenvalue weighted by atomic mass is 9.77.